The molecule has 2 aromatic carbocycles. The Morgan fingerprint density at radius 2 is 1.86 bits per heavy atom. The van der Waals surface area contributed by atoms with Crippen LogP contribution in [0.4, 0.5) is 10.5 Å². The number of aliphatic hydroxyl groups is 1. The molecule has 0 radical (unpaired) electrons. The number of hydrogen-bond acceptors (Lipinski definition) is 3. The van der Waals surface area contributed by atoms with Crippen LogP contribution in [0.2, 0.25) is 0 Å². The third-order valence-corrected chi connectivity index (χ3v) is 5.84. The zero-order valence-electron chi connectivity index (χ0n) is 17.4. The lowest BCUT2D eigenvalue weighted by molar-refractivity contribution is 0.159. The van der Waals surface area contributed by atoms with Crippen LogP contribution >= 0.6 is 0 Å². The Hall–Kier alpha value is -2.53. The van der Waals surface area contributed by atoms with Crippen molar-refractivity contribution in [1.29, 1.82) is 0 Å². The number of urea groups is 1. The predicted octanol–water partition coefficient (Wildman–Crippen LogP) is 3.96. The number of nitrogens with one attached hydrogen (secondary N) is 2. The van der Waals surface area contributed by atoms with Gasteiger partial charge in [-0.25, -0.2) is 4.79 Å². The highest BCUT2D eigenvalue weighted by atomic mass is 16.5. The fourth-order valence-corrected chi connectivity index (χ4v) is 4.34. The van der Waals surface area contributed by atoms with Crippen LogP contribution in [0.15, 0.2) is 36.4 Å². The van der Waals surface area contributed by atoms with E-state index in [9.17, 15) is 9.90 Å². The number of carbonyl (C=O) groups excluding carboxylic acids is 1. The molecule has 154 valence electrons. The third kappa shape index (κ3) is 4.25. The second kappa shape index (κ2) is 7.71. The largest absolute Gasteiger partial charge is 0.491 e. The highest BCUT2D eigenvalue weighted by molar-refractivity contribution is 5.90. The number of carbonyl (C=O) groups is 1. The first-order valence-electron chi connectivity index (χ1n) is 10.4. The molecule has 5 nitrogen and oxygen atoms in total. The molecule has 5 heteroatoms. The molecule has 0 aromatic heterocycles. The molecule has 1 aliphatic carbocycles. The van der Waals surface area contributed by atoms with E-state index < -0.39 is 0 Å². The van der Waals surface area contributed by atoms with Gasteiger partial charge < -0.3 is 20.5 Å². The van der Waals surface area contributed by atoms with Crippen LogP contribution < -0.4 is 15.4 Å². The quantitative estimate of drug-likeness (QED) is 0.722. The standard InChI is InChI=1S/C24H30N2O3/c1-24(2,3)20-8-4-7-16-12-17(14-29-22(16)20)25-23(28)26-21-9-5-6-15-10-11-18(27)13-19(15)21/h4-9,17-18,27H,10-14H2,1-3H3,(H2,25,26,28). The first-order chi connectivity index (χ1) is 13.8. The highest BCUT2D eigenvalue weighted by Gasteiger charge is 2.28. The third-order valence-electron chi connectivity index (χ3n) is 5.84. The predicted molar refractivity (Wildman–Crippen MR) is 115 cm³/mol. The van der Waals surface area contributed by atoms with E-state index in [2.05, 4.69) is 55.7 Å². The minimum Gasteiger partial charge on any atom is -0.491 e. The lowest BCUT2D eigenvalue weighted by Crippen LogP contribution is -2.45. The lowest BCUT2D eigenvalue weighted by Gasteiger charge is -2.31. The summed E-state index contributed by atoms with van der Waals surface area (Å²) < 4.78 is 6.07. The topological polar surface area (TPSA) is 70.6 Å². The van der Waals surface area contributed by atoms with Gasteiger partial charge in [-0.05, 0) is 53.0 Å². The van der Waals surface area contributed by atoms with Crippen LogP contribution in [0.1, 0.15) is 49.4 Å². The van der Waals surface area contributed by atoms with E-state index in [4.69, 9.17) is 4.74 Å². The number of amides is 2. The Bertz CT molecular complexity index is 917. The normalized spacial score (nSPS) is 20.8. The number of fused-ring (bicyclic) bond motifs is 2. The summed E-state index contributed by atoms with van der Waals surface area (Å²) in [5.74, 6) is 0.963. The monoisotopic (exact) mass is 394 g/mol. The zero-order chi connectivity index (χ0) is 20.6. The van der Waals surface area contributed by atoms with Crippen LogP contribution in [-0.4, -0.2) is 29.9 Å². The summed E-state index contributed by atoms with van der Waals surface area (Å²) >= 11 is 0. The Balaban J connectivity index is 1.44. The SMILES string of the molecule is CC(C)(C)c1cccc2c1OCC(NC(=O)Nc1cccc3c1CC(O)CC3)C2. The van der Waals surface area contributed by atoms with Crippen molar-refractivity contribution in [3.8, 4) is 5.75 Å². The molecule has 1 aliphatic heterocycles. The minimum atomic E-state index is -0.339. The number of para-hydroxylation sites is 1. The molecule has 2 amide bonds. The molecule has 0 fully saturated rings. The van der Waals surface area contributed by atoms with Gasteiger partial charge in [-0.2, -0.15) is 0 Å². The summed E-state index contributed by atoms with van der Waals surface area (Å²) in [4.78, 5) is 12.6. The van der Waals surface area contributed by atoms with Gasteiger partial charge >= 0.3 is 6.03 Å². The average molecular weight is 395 g/mol. The van der Waals surface area contributed by atoms with E-state index in [0.29, 0.717) is 13.0 Å². The molecule has 0 bridgehead atoms. The summed E-state index contributed by atoms with van der Waals surface area (Å²) in [6.07, 6.45) is 2.61. The number of benzene rings is 2. The van der Waals surface area contributed by atoms with Gasteiger partial charge in [0.05, 0.1) is 12.1 Å². The van der Waals surface area contributed by atoms with Crippen molar-refractivity contribution >= 4 is 11.7 Å². The first kappa shape index (κ1) is 19.8. The van der Waals surface area contributed by atoms with Crippen molar-refractivity contribution in [3.05, 3.63) is 58.7 Å². The molecule has 2 unspecified atom stereocenters. The molecular formula is C24H30N2O3. The van der Waals surface area contributed by atoms with Crippen molar-refractivity contribution in [3.63, 3.8) is 0 Å². The van der Waals surface area contributed by atoms with E-state index in [1.807, 2.05) is 12.1 Å². The summed E-state index contributed by atoms with van der Waals surface area (Å²) in [5, 5.41) is 16.0. The van der Waals surface area contributed by atoms with Gasteiger partial charge in [0.15, 0.2) is 0 Å². The van der Waals surface area contributed by atoms with Gasteiger partial charge in [0.1, 0.15) is 12.4 Å². The maximum atomic E-state index is 12.6. The van der Waals surface area contributed by atoms with Crippen molar-refractivity contribution in [2.45, 2.75) is 64.0 Å². The van der Waals surface area contributed by atoms with Gasteiger partial charge in [0, 0.05) is 12.1 Å². The number of anilines is 1. The lowest BCUT2D eigenvalue weighted by atomic mass is 9.84. The van der Waals surface area contributed by atoms with Gasteiger partial charge in [0.2, 0.25) is 0 Å². The fraction of sp³-hybridized carbons (Fsp3) is 0.458. The fourth-order valence-electron chi connectivity index (χ4n) is 4.34. The van der Waals surface area contributed by atoms with E-state index in [1.54, 1.807) is 0 Å². The molecule has 0 spiro atoms. The number of rotatable bonds is 2. The Labute approximate surface area is 172 Å². The summed E-state index contributed by atoms with van der Waals surface area (Å²) in [7, 11) is 0. The summed E-state index contributed by atoms with van der Waals surface area (Å²) in [6, 6.07) is 11.9. The molecule has 4 rings (SSSR count). The molecule has 2 atom stereocenters. The van der Waals surface area contributed by atoms with E-state index >= 15 is 0 Å². The maximum absolute atomic E-state index is 12.6. The smallest absolute Gasteiger partial charge is 0.319 e. The molecule has 3 N–H and O–H groups in total. The van der Waals surface area contributed by atoms with Gasteiger partial charge in [-0.15, -0.1) is 0 Å². The second-order valence-corrected chi connectivity index (χ2v) is 9.19. The Morgan fingerprint density at radius 3 is 2.66 bits per heavy atom. The zero-order valence-corrected chi connectivity index (χ0v) is 17.4. The molecule has 2 aliphatic rings. The number of aliphatic hydroxyl groups excluding tert-OH is 1. The van der Waals surface area contributed by atoms with Crippen LogP contribution in [0, 0.1) is 0 Å². The molecule has 1 heterocycles. The number of ether oxygens (including phenoxy) is 1. The molecule has 0 saturated carbocycles. The Morgan fingerprint density at radius 1 is 1.10 bits per heavy atom. The van der Waals surface area contributed by atoms with Crippen LogP contribution in [-0.2, 0) is 24.7 Å². The summed E-state index contributed by atoms with van der Waals surface area (Å²) in [6.45, 7) is 7.00. The molecule has 0 saturated heterocycles. The Kier molecular flexibility index (Phi) is 5.26. The average Bonchev–Trinajstić information content (AvgIpc) is 2.67. The summed E-state index contributed by atoms with van der Waals surface area (Å²) in [5.41, 5.74) is 5.38. The maximum Gasteiger partial charge on any atom is 0.319 e. The molecular weight excluding hydrogens is 364 g/mol. The first-order valence-corrected chi connectivity index (χ1v) is 10.4. The van der Waals surface area contributed by atoms with Crippen LogP contribution in [0.25, 0.3) is 0 Å². The molecule has 29 heavy (non-hydrogen) atoms. The van der Waals surface area contributed by atoms with E-state index in [-0.39, 0.29) is 23.6 Å². The van der Waals surface area contributed by atoms with Crippen molar-refractivity contribution in [2.24, 2.45) is 0 Å². The van der Waals surface area contributed by atoms with Gasteiger partial charge in [0.25, 0.3) is 0 Å². The van der Waals surface area contributed by atoms with Gasteiger partial charge in [-0.3, -0.25) is 0 Å². The van der Waals surface area contributed by atoms with Crippen molar-refractivity contribution in [2.75, 3.05) is 11.9 Å². The minimum absolute atomic E-state index is 0.0138. The van der Waals surface area contributed by atoms with E-state index in [1.165, 1.54) is 11.1 Å². The number of aryl methyl sites for hydroxylation is 1. The van der Waals surface area contributed by atoms with Crippen LogP contribution in [0.3, 0.4) is 0 Å². The molecule has 2 aromatic rings. The van der Waals surface area contributed by atoms with E-state index in [0.717, 1.165) is 41.8 Å². The van der Waals surface area contributed by atoms with Gasteiger partial charge in [-0.1, -0.05) is 51.1 Å². The second-order valence-electron chi connectivity index (χ2n) is 9.19. The van der Waals surface area contributed by atoms with Crippen LogP contribution in [0.5, 0.6) is 5.75 Å². The highest BCUT2D eigenvalue weighted by Crippen LogP contribution is 2.36. The number of hydrogen-bond donors (Lipinski definition) is 3. The van der Waals surface area contributed by atoms with Crippen molar-refractivity contribution < 1.29 is 14.6 Å². The van der Waals surface area contributed by atoms with Crippen molar-refractivity contribution in [1.82, 2.24) is 5.32 Å².